The molecule has 1 N–H and O–H groups in total. The van der Waals surface area contributed by atoms with E-state index in [1.54, 1.807) is 6.92 Å². The van der Waals surface area contributed by atoms with E-state index in [0.717, 1.165) is 12.8 Å². The topological polar surface area (TPSA) is 49.8 Å². The quantitative estimate of drug-likeness (QED) is 0.900. The molecule has 1 aromatic carbocycles. The van der Waals surface area contributed by atoms with E-state index in [1.165, 1.54) is 10.5 Å². The normalized spacial score (nSPS) is 29.6. The van der Waals surface area contributed by atoms with Gasteiger partial charge in [-0.15, -0.1) is 0 Å². The van der Waals surface area contributed by atoms with Crippen LogP contribution in [0.15, 0.2) is 30.3 Å². The van der Waals surface area contributed by atoms with Gasteiger partial charge in [0.05, 0.1) is 0 Å². The molecule has 0 bridgehead atoms. The summed E-state index contributed by atoms with van der Waals surface area (Å²) in [6, 6.07) is 10.0. The molecular weight excluding hydrogens is 254 g/mol. The molecule has 0 saturated carbocycles. The van der Waals surface area contributed by atoms with Crippen LogP contribution in [-0.4, -0.2) is 34.0 Å². The highest BCUT2D eigenvalue weighted by Gasteiger charge is 2.58. The Labute approximate surface area is 120 Å². The molecule has 4 heteroatoms. The molecule has 2 rings (SSSR count). The third kappa shape index (κ3) is 2.52. The summed E-state index contributed by atoms with van der Waals surface area (Å²) in [6.45, 7) is 5.96. The van der Waals surface area contributed by atoms with E-state index in [0.29, 0.717) is 13.0 Å². The number of carbonyl (C=O) groups excluding carboxylic acids is 1. The number of carbonyl (C=O) groups is 1. The number of hydrogen-bond donors (Lipinski definition) is 1. The summed E-state index contributed by atoms with van der Waals surface area (Å²) in [4.78, 5) is 13.4. The zero-order chi connectivity index (χ0) is 14.8. The Morgan fingerprint density at radius 2 is 1.90 bits per heavy atom. The minimum atomic E-state index is -1.27. The van der Waals surface area contributed by atoms with Crippen molar-refractivity contribution >= 4 is 6.09 Å². The number of ether oxygens (including phenoxy) is 1. The van der Waals surface area contributed by atoms with E-state index in [1.807, 2.05) is 44.2 Å². The van der Waals surface area contributed by atoms with Crippen LogP contribution in [-0.2, 0) is 11.2 Å². The van der Waals surface area contributed by atoms with Gasteiger partial charge in [0.2, 0.25) is 0 Å². The van der Waals surface area contributed by atoms with Crippen molar-refractivity contribution in [1.82, 2.24) is 4.90 Å². The van der Waals surface area contributed by atoms with Crippen molar-refractivity contribution in [3.8, 4) is 0 Å². The first-order valence-corrected chi connectivity index (χ1v) is 7.17. The molecule has 1 amide bonds. The fraction of sp³-hybridized carbons (Fsp3) is 0.562. The average molecular weight is 277 g/mol. The second kappa shape index (κ2) is 5.44. The molecule has 4 nitrogen and oxygen atoms in total. The van der Waals surface area contributed by atoms with Gasteiger partial charge in [0.1, 0.15) is 0 Å². The van der Waals surface area contributed by atoms with Crippen LogP contribution in [0.3, 0.4) is 0 Å². The van der Waals surface area contributed by atoms with Crippen LogP contribution < -0.4 is 0 Å². The van der Waals surface area contributed by atoms with Crippen molar-refractivity contribution in [3.63, 3.8) is 0 Å². The van der Waals surface area contributed by atoms with Crippen molar-refractivity contribution in [2.45, 2.75) is 51.4 Å². The molecule has 1 heterocycles. The molecule has 20 heavy (non-hydrogen) atoms. The van der Waals surface area contributed by atoms with Crippen molar-refractivity contribution in [1.29, 1.82) is 0 Å². The molecular formula is C16H23NO3. The van der Waals surface area contributed by atoms with Crippen molar-refractivity contribution in [3.05, 3.63) is 35.9 Å². The highest BCUT2D eigenvalue weighted by molar-refractivity contribution is 5.72. The molecule has 0 aromatic heterocycles. The van der Waals surface area contributed by atoms with Crippen LogP contribution in [0.5, 0.6) is 0 Å². The van der Waals surface area contributed by atoms with E-state index in [9.17, 15) is 9.90 Å². The zero-order valence-electron chi connectivity index (χ0n) is 12.4. The third-order valence-corrected chi connectivity index (χ3v) is 4.24. The molecule has 1 aromatic rings. The first-order valence-electron chi connectivity index (χ1n) is 7.17. The Morgan fingerprint density at radius 3 is 2.50 bits per heavy atom. The van der Waals surface area contributed by atoms with Gasteiger partial charge in [0.25, 0.3) is 0 Å². The second-order valence-corrected chi connectivity index (χ2v) is 5.76. The first kappa shape index (κ1) is 14.9. The maximum atomic E-state index is 12.0. The van der Waals surface area contributed by atoms with Crippen LogP contribution in [0.2, 0.25) is 0 Å². The summed E-state index contributed by atoms with van der Waals surface area (Å²) in [7, 11) is 0. The SMILES string of the molecule is CCCN1C(=O)O[C@](C)(CCc2ccccc2)[C@@]1(C)O. The lowest BCUT2D eigenvalue weighted by Gasteiger charge is -2.37. The maximum absolute atomic E-state index is 12.0. The van der Waals surface area contributed by atoms with Gasteiger partial charge in [-0.1, -0.05) is 37.3 Å². The largest absolute Gasteiger partial charge is 0.438 e. The summed E-state index contributed by atoms with van der Waals surface area (Å²) in [5, 5.41) is 10.7. The van der Waals surface area contributed by atoms with E-state index >= 15 is 0 Å². The van der Waals surface area contributed by atoms with E-state index < -0.39 is 17.4 Å². The van der Waals surface area contributed by atoms with Gasteiger partial charge in [0.15, 0.2) is 11.3 Å². The summed E-state index contributed by atoms with van der Waals surface area (Å²) in [6.07, 6.45) is 1.73. The minimum Gasteiger partial charge on any atom is -0.438 e. The molecule has 0 aliphatic carbocycles. The lowest BCUT2D eigenvalue weighted by Crippen LogP contribution is -2.55. The number of rotatable bonds is 5. The number of nitrogens with zero attached hydrogens (tertiary/aromatic N) is 1. The average Bonchev–Trinajstić information content (AvgIpc) is 2.58. The number of amides is 1. The monoisotopic (exact) mass is 277 g/mol. The maximum Gasteiger partial charge on any atom is 0.412 e. The predicted octanol–water partition coefficient (Wildman–Crippen LogP) is 2.95. The van der Waals surface area contributed by atoms with E-state index in [2.05, 4.69) is 0 Å². The van der Waals surface area contributed by atoms with Gasteiger partial charge in [0, 0.05) is 6.54 Å². The fourth-order valence-electron chi connectivity index (χ4n) is 2.66. The number of cyclic esters (lactones) is 1. The molecule has 1 aliphatic rings. The number of benzene rings is 1. The second-order valence-electron chi connectivity index (χ2n) is 5.76. The van der Waals surface area contributed by atoms with Crippen LogP contribution in [0.25, 0.3) is 0 Å². The number of aliphatic hydroxyl groups is 1. The highest BCUT2D eigenvalue weighted by atomic mass is 16.6. The molecule has 2 atom stereocenters. The van der Waals surface area contributed by atoms with Gasteiger partial charge in [-0.05, 0) is 38.7 Å². The molecule has 1 aliphatic heterocycles. The van der Waals surface area contributed by atoms with E-state index in [-0.39, 0.29) is 0 Å². The zero-order valence-corrected chi connectivity index (χ0v) is 12.4. The molecule has 0 radical (unpaired) electrons. The Bertz CT molecular complexity index is 472. The minimum absolute atomic E-state index is 0.424. The van der Waals surface area contributed by atoms with Crippen molar-refractivity contribution in [2.24, 2.45) is 0 Å². The Hall–Kier alpha value is -1.55. The molecule has 110 valence electrons. The predicted molar refractivity (Wildman–Crippen MR) is 77.3 cm³/mol. The fourth-order valence-corrected chi connectivity index (χ4v) is 2.66. The van der Waals surface area contributed by atoms with Crippen LogP contribution in [0.1, 0.15) is 39.2 Å². The van der Waals surface area contributed by atoms with Gasteiger partial charge in [-0.3, -0.25) is 4.90 Å². The van der Waals surface area contributed by atoms with Gasteiger partial charge < -0.3 is 9.84 Å². The van der Waals surface area contributed by atoms with E-state index in [4.69, 9.17) is 4.74 Å². The smallest absolute Gasteiger partial charge is 0.412 e. The van der Waals surface area contributed by atoms with Gasteiger partial charge in [-0.2, -0.15) is 0 Å². The Kier molecular flexibility index (Phi) is 4.04. The third-order valence-electron chi connectivity index (χ3n) is 4.24. The number of aryl methyl sites for hydroxylation is 1. The summed E-state index contributed by atoms with van der Waals surface area (Å²) in [5.74, 6) is 0. The van der Waals surface area contributed by atoms with Crippen LogP contribution in [0.4, 0.5) is 4.79 Å². The summed E-state index contributed by atoms with van der Waals surface area (Å²) < 4.78 is 5.49. The lowest BCUT2D eigenvalue weighted by molar-refractivity contribution is -0.139. The van der Waals surface area contributed by atoms with Crippen LogP contribution in [0, 0.1) is 0 Å². The number of hydrogen-bond acceptors (Lipinski definition) is 3. The molecule has 1 saturated heterocycles. The van der Waals surface area contributed by atoms with Crippen molar-refractivity contribution in [2.75, 3.05) is 6.54 Å². The van der Waals surface area contributed by atoms with Crippen LogP contribution >= 0.6 is 0 Å². The standard InChI is InChI=1S/C16H23NO3/c1-4-12-17-14(18)20-15(2,16(17,3)19)11-10-13-8-6-5-7-9-13/h5-9,19H,4,10-12H2,1-3H3/t15-,16-/m1/s1. The molecule has 1 fully saturated rings. The first-order chi connectivity index (χ1) is 9.40. The molecule has 0 unspecified atom stereocenters. The van der Waals surface area contributed by atoms with Gasteiger partial charge in [-0.25, -0.2) is 4.79 Å². The Balaban J connectivity index is 2.11. The lowest BCUT2D eigenvalue weighted by atomic mass is 9.87. The highest BCUT2D eigenvalue weighted by Crippen LogP contribution is 2.40. The molecule has 0 spiro atoms. The van der Waals surface area contributed by atoms with Crippen molar-refractivity contribution < 1.29 is 14.6 Å². The Morgan fingerprint density at radius 1 is 1.25 bits per heavy atom. The summed E-state index contributed by atoms with van der Waals surface area (Å²) >= 11 is 0. The summed E-state index contributed by atoms with van der Waals surface area (Å²) in [5.41, 5.74) is -0.973. The van der Waals surface area contributed by atoms with Gasteiger partial charge >= 0.3 is 6.09 Å².